The van der Waals surface area contributed by atoms with Crippen molar-refractivity contribution >= 4 is 23.4 Å². The van der Waals surface area contributed by atoms with Crippen LogP contribution in [-0.4, -0.2) is 46.1 Å². The van der Waals surface area contributed by atoms with Gasteiger partial charge in [0.2, 0.25) is 11.7 Å². The second kappa shape index (κ2) is 7.47. The number of benzene rings is 1. The van der Waals surface area contributed by atoms with Crippen molar-refractivity contribution in [3.63, 3.8) is 0 Å². The number of carbonyl (C=O) groups is 2. The Morgan fingerprint density at radius 2 is 2.08 bits per heavy atom. The number of hydrogen-bond acceptors (Lipinski definition) is 5. The smallest absolute Gasteiger partial charge is 0.292 e. The standard InChI is InChI=1S/C18H20ClN3O4/c1-10(23)15-16(12-3-5-13(19)6-4-12)21-26-17(15)18(25)22-8-7-14(9-22)20-11(2)24/h3-6,10,14,23H,7-9H2,1-2H3,(H,20,24). The number of aliphatic hydroxyl groups excluding tert-OH is 1. The van der Waals surface area contributed by atoms with Crippen LogP contribution in [0.2, 0.25) is 5.02 Å². The highest BCUT2D eigenvalue weighted by atomic mass is 35.5. The number of aromatic nitrogens is 1. The van der Waals surface area contributed by atoms with E-state index < -0.39 is 6.10 Å². The number of aliphatic hydroxyl groups is 1. The average Bonchev–Trinajstić information content (AvgIpc) is 3.21. The van der Waals surface area contributed by atoms with Gasteiger partial charge in [0.1, 0.15) is 5.69 Å². The summed E-state index contributed by atoms with van der Waals surface area (Å²) in [7, 11) is 0. The van der Waals surface area contributed by atoms with E-state index in [-0.39, 0.29) is 23.6 Å². The minimum Gasteiger partial charge on any atom is -0.388 e. The summed E-state index contributed by atoms with van der Waals surface area (Å²) >= 11 is 5.91. The monoisotopic (exact) mass is 377 g/mol. The Morgan fingerprint density at radius 1 is 1.38 bits per heavy atom. The Kier molecular flexibility index (Phi) is 5.29. The van der Waals surface area contributed by atoms with E-state index in [2.05, 4.69) is 10.5 Å². The third-order valence-electron chi connectivity index (χ3n) is 4.34. The van der Waals surface area contributed by atoms with Crippen LogP contribution in [-0.2, 0) is 4.79 Å². The van der Waals surface area contributed by atoms with Crippen LogP contribution in [0.5, 0.6) is 0 Å². The van der Waals surface area contributed by atoms with Crippen molar-refractivity contribution in [1.29, 1.82) is 0 Å². The van der Waals surface area contributed by atoms with Gasteiger partial charge in [0.25, 0.3) is 5.91 Å². The highest BCUT2D eigenvalue weighted by Gasteiger charge is 2.33. The van der Waals surface area contributed by atoms with E-state index in [9.17, 15) is 14.7 Å². The van der Waals surface area contributed by atoms with Crippen molar-refractivity contribution in [1.82, 2.24) is 15.4 Å². The Bertz CT molecular complexity index is 816. The maximum absolute atomic E-state index is 12.8. The molecule has 138 valence electrons. The van der Waals surface area contributed by atoms with Crippen LogP contribution < -0.4 is 5.32 Å². The molecule has 2 unspecified atom stereocenters. The van der Waals surface area contributed by atoms with E-state index in [4.69, 9.17) is 16.1 Å². The summed E-state index contributed by atoms with van der Waals surface area (Å²) < 4.78 is 5.31. The molecule has 3 rings (SSSR count). The number of hydrogen-bond donors (Lipinski definition) is 2. The van der Waals surface area contributed by atoms with Gasteiger partial charge in [0.05, 0.1) is 11.7 Å². The number of nitrogens with one attached hydrogen (secondary N) is 1. The fraction of sp³-hybridized carbons (Fsp3) is 0.389. The van der Waals surface area contributed by atoms with Crippen LogP contribution in [0.4, 0.5) is 0 Å². The Morgan fingerprint density at radius 3 is 2.69 bits per heavy atom. The lowest BCUT2D eigenvalue weighted by Gasteiger charge is -2.16. The summed E-state index contributed by atoms with van der Waals surface area (Å²) in [5, 5.41) is 17.6. The summed E-state index contributed by atoms with van der Waals surface area (Å²) in [6, 6.07) is 6.84. The number of carbonyl (C=O) groups excluding carboxylic acids is 2. The summed E-state index contributed by atoms with van der Waals surface area (Å²) in [6.45, 7) is 3.91. The first-order chi connectivity index (χ1) is 12.4. The fourth-order valence-corrected chi connectivity index (χ4v) is 3.27. The van der Waals surface area contributed by atoms with Gasteiger partial charge in [-0.3, -0.25) is 9.59 Å². The zero-order valence-electron chi connectivity index (χ0n) is 14.5. The van der Waals surface area contributed by atoms with Gasteiger partial charge in [-0.05, 0) is 25.5 Å². The van der Waals surface area contributed by atoms with Crippen LogP contribution in [0.1, 0.15) is 42.5 Å². The quantitative estimate of drug-likeness (QED) is 0.853. The van der Waals surface area contributed by atoms with Crippen molar-refractivity contribution in [3.05, 3.63) is 40.6 Å². The Balaban J connectivity index is 1.87. The number of nitrogens with zero attached hydrogens (tertiary/aromatic N) is 2. The molecular formula is C18H20ClN3O4. The van der Waals surface area contributed by atoms with E-state index in [0.29, 0.717) is 41.4 Å². The van der Waals surface area contributed by atoms with Gasteiger partial charge >= 0.3 is 0 Å². The Hall–Kier alpha value is -2.38. The zero-order valence-corrected chi connectivity index (χ0v) is 15.3. The molecule has 26 heavy (non-hydrogen) atoms. The molecule has 2 N–H and O–H groups in total. The molecule has 2 atom stereocenters. The molecule has 0 saturated carbocycles. The predicted octanol–water partition coefficient (Wildman–Crippen LogP) is 2.40. The van der Waals surface area contributed by atoms with E-state index in [1.54, 1.807) is 36.1 Å². The Labute approximate surface area is 155 Å². The van der Waals surface area contributed by atoms with Crippen molar-refractivity contribution in [2.24, 2.45) is 0 Å². The first-order valence-electron chi connectivity index (χ1n) is 8.36. The summed E-state index contributed by atoms with van der Waals surface area (Å²) in [4.78, 5) is 25.6. The topological polar surface area (TPSA) is 95.7 Å². The summed E-state index contributed by atoms with van der Waals surface area (Å²) in [6.07, 6.45) is -0.257. The number of halogens is 1. The normalized spacial score (nSPS) is 18.0. The lowest BCUT2D eigenvalue weighted by atomic mass is 10.0. The van der Waals surface area contributed by atoms with E-state index in [1.807, 2.05) is 0 Å². The summed E-state index contributed by atoms with van der Waals surface area (Å²) in [5.41, 5.74) is 1.46. The van der Waals surface area contributed by atoms with Gasteiger partial charge in [-0.25, -0.2) is 0 Å². The van der Waals surface area contributed by atoms with Crippen LogP contribution in [0, 0.1) is 0 Å². The SMILES string of the molecule is CC(=O)NC1CCN(C(=O)c2onc(-c3ccc(Cl)cc3)c2C(C)O)C1. The van der Waals surface area contributed by atoms with Gasteiger partial charge < -0.3 is 19.8 Å². The second-order valence-corrected chi connectivity index (χ2v) is 6.83. The van der Waals surface area contributed by atoms with Crippen molar-refractivity contribution in [3.8, 4) is 11.3 Å². The van der Waals surface area contributed by atoms with Crippen LogP contribution in [0.3, 0.4) is 0 Å². The fourth-order valence-electron chi connectivity index (χ4n) is 3.15. The highest BCUT2D eigenvalue weighted by Crippen LogP contribution is 2.32. The molecular weight excluding hydrogens is 358 g/mol. The second-order valence-electron chi connectivity index (χ2n) is 6.39. The number of likely N-dealkylation sites (tertiary alicyclic amines) is 1. The number of amides is 2. The average molecular weight is 378 g/mol. The molecule has 1 saturated heterocycles. The molecule has 1 aliphatic rings. The maximum atomic E-state index is 12.8. The maximum Gasteiger partial charge on any atom is 0.292 e. The van der Waals surface area contributed by atoms with Gasteiger partial charge in [-0.1, -0.05) is 28.9 Å². The van der Waals surface area contributed by atoms with Crippen molar-refractivity contribution in [2.45, 2.75) is 32.4 Å². The molecule has 0 spiro atoms. The molecule has 0 radical (unpaired) electrons. The molecule has 2 amide bonds. The van der Waals surface area contributed by atoms with Crippen molar-refractivity contribution in [2.75, 3.05) is 13.1 Å². The van der Waals surface area contributed by atoms with Crippen LogP contribution in [0.25, 0.3) is 11.3 Å². The third kappa shape index (κ3) is 3.73. The van der Waals surface area contributed by atoms with Crippen LogP contribution in [0.15, 0.2) is 28.8 Å². The molecule has 1 aliphatic heterocycles. The van der Waals surface area contributed by atoms with Crippen molar-refractivity contribution < 1.29 is 19.2 Å². The molecule has 0 bridgehead atoms. The molecule has 2 aromatic rings. The lowest BCUT2D eigenvalue weighted by molar-refractivity contribution is -0.119. The predicted molar refractivity (Wildman–Crippen MR) is 95.7 cm³/mol. The molecule has 8 heteroatoms. The molecule has 0 aliphatic carbocycles. The molecule has 1 aromatic carbocycles. The van der Waals surface area contributed by atoms with Gasteiger partial charge in [0.15, 0.2) is 0 Å². The van der Waals surface area contributed by atoms with E-state index in [1.165, 1.54) is 6.92 Å². The minimum absolute atomic E-state index is 0.0217. The van der Waals surface area contributed by atoms with E-state index in [0.717, 1.165) is 0 Å². The van der Waals surface area contributed by atoms with Gasteiger partial charge in [-0.15, -0.1) is 0 Å². The first-order valence-corrected chi connectivity index (χ1v) is 8.74. The molecule has 1 fully saturated rings. The number of rotatable bonds is 4. The van der Waals surface area contributed by atoms with E-state index >= 15 is 0 Å². The third-order valence-corrected chi connectivity index (χ3v) is 4.59. The highest BCUT2D eigenvalue weighted by molar-refractivity contribution is 6.30. The summed E-state index contributed by atoms with van der Waals surface area (Å²) in [5.74, 6) is -0.450. The largest absolute Gasteiger partial charge is 0.388 e. The van der Waals surface area contributed by atoms with Gasteiger partial charge in [0, 0.05) is 36.6 Å². The molecule has 1 aromatic heterocycles. The molecule has 2 heterocycles. The minimum atomic E-state index is -0.931. The first kappa shape index (κ1) is 18.4. The van der Waals surface area contributed by atoms with Crippen LogP contribution >= 0.6 is 11.6 Å². The lowest BCUT2D eigenvalue weighted by Crippen LogP contribution is -2.37. The molecule has 7 nitrogen and oxygen atoms in total. The van der Waals surface area contributed by atoms with Gasteiger partial charge in [-0.2, -0.15) is 0 Å². The zero-order chi connectivity index (χ0) is 18.8.